The summed E-state index contributed by atoms with van der Waals surface area (Å²) in [7, 11) is 0. The van der Waals surface area contributed by atoms with E-state index in [0.717, 1.165) is 43.1 Å². The highest BCUT2D eigenvalue weighted by Crippen LogP contribution is 2.26. The summed E-state index contributed by atoms with van der Waals surface area (Å²) in [6.07, 6.45) is 8.44. The van der Waals surface area contributed by atoms with Gasteiger partial charge in [0.25, 0.3) is 0 Å². The summed E-state index contributed by atoms with van der Waals surface area (Å²) in [5.41, 5.74) is 5.88. The van der Waals surface area contributed by atoms with Crippen molar-refractivity contribution in [1.29, 1.82) is 0 Å². The molecule has 0 unspecified atom stereocenters. The Balaban J connectivity index is 1.51. The van der Waals surface area contributed by atoms with Crippen LogP contribution in [0.15, 0.2) is 36.9 Å². The van der Waals surface area contributed by atoms with Gasteiger partial charge in [0.05, 0.1) is 11.9 Å². The van der Waals surface area contributed by atoms with Crippen LogP contribution in [-0.4, -0.2) is 36.6 Å². The first-order valence-corrected chi connectivity index (χ1v) is 9.01. The highest BCUT2D eigenvalue weighted by atomic mass is 15.2. The van der Waals surface area contributed by atoms with Crippen molar-refractivity contribution in [1.82, 2.24) is 30.0 Å². The molecule has 134 valence electrons. The lowest BCUT2D eigenvalue weighted by Crippen LogP contribution is -2.31. The third-order valence-electron chi connectivity index (χ3n) is 4.79. The van der Waals surface area contributed by atoms with Crippen LogP contribution in [0.2, 0.25) is 0 Å². The quantitative estimate of drug-likeness (QED) is 0.787. The molecule has 0 fully saturated rings. The molecule has 0 saturated heterocycles. The number of aromatic nitrogens is 5. The van der Waals surface area contributed by atoms with E-state index in [1.165, 1.54) is 16.8 Å². The molecule has 0 radical (unpaired) electrons. The Hall–Kier alpha value is -2.60. The minimum Gasteiger partial charge on any atom is -0.294 e. The number of aromatic amines is 1. The van der Waals surface area contributed by atoms with Gasteiger partial charge in [0, 0.05) is 72.4 Å². The Morgan fingerprint density at radius 1 is 1.19 bits per heavy atom. The van der Waals surface area contributed by atoms with Gasteiger partial charge in [0.15, 0.2) is 5.82 Å². The molecule has 1 aliphatic rings. The maximum absolute atomic E-state index is 4.78. The predicted octanol–water partition coefficient (Wildman–Crippen LogP) is 3.12. The van der Waals surface area contributed by atoms with Crippen molar-refractivity contribution in [3.63, 3.8) is 0 Å². The molecule has 6 heteroatoms. The van der Waals surface area contributed by atoms with Crippen LogP contribution < -0.4 is 0 Å². The van der Waals surface area contributed by atoms with Gasteiger partial charge in [-0.25, -0.2) is 9.97 Å². The fraction of sp³-hybridized carbons (Fsp3) is 0.400. The molecule has 0 amide bonds. The largest absolute Gasteiger partial charge is 0.294 e. The summed E-state index contributed by atoms with van der Waals surface area (Å²) in [6, 6.07) is 3.91. The van der Waals surface area contributed by atoms with Crippen molar-refractivity contribution in [3.05, 3.63) is 59.4 Å². The fourth-order valence-corrected chi connectivity index (χ4v) is 3.46. The molecule has 0 aliphatic carbocycles. The topological polar surface area (TPSA) is 70.6 Å². The number of fused-ring (bicyclic) bond motifs is 1. The number of hydrogen-bond acceptors (Lipinski definition) is 5. The van der Waals surface area contributed by atoms with E-state index in [-0.39, 0.29) is 5.41 Å². The van der Waals surface area contributed by atoms with Gasteiger partial charge in [0.1, 0.15) is 0 Å². The monoisotopic (exact) mass is 348 g/mol. The summed E-state index contributed by atoms with van der Waals surface area (Å²) in [5, 5.41) is 7.43. The number of hydrogen-bond donors (Lipinski definition) is 1. The normalized spacial score (nSPS) is 15.0. The summed E-state index contributed by atoms with van der Waals surface area (Å²) in [5.74, 6) is 0.759. The van der Waals surface area contributed by atoms with Gasteiger partial charge < -0.3 is 0 Å². The number of nitrogens with one attached hydrogen (secondary N) is 1. The molecule has 4 heterocycles. The van der Waals surface area contributed by atoms with Crippen LogP contribution in [-0.2, 0) is 24.9 Å². The van der Waals surface area contributed by atoms with Gasteiger partial charge in [-0.2, -0.15) is 5.10 Å². The molecule has 0 spiro atoms. The van der Waals surface area contributed by atoms with Crippen molar-refractivity contribution in [2.24, 2.45) is 0 Å². The third-order valence-corrected chi connectivity index (χ3v) is 4.79. The molecular weight excluding hydrogens is 324 g/mol. The lowest BCUT2D eigenvalue weighted by Gasteiger charge is -2.29. The third kappa shape index (κ3) is 3.37. The highest BCUT2D eigenvalue weighted by Gasteiger charge is 2.24. The predicted molar refractivity (Wildman–Crippen MR) is 100 cm³/mol. The second-order valence-electron chi connectivity index (χ2n) is 7.89. The van der Waals surface area contributed by atoms with Crippen LogP contribution in [0.25, 0.3) is 11.4 Å². The average molecular weight is 348 g/mol. The van der Waals surface area contributed by atoms with Gasteiger partial charge in [-0.15, -0.1) is 0 Å². The lowest BCUT2D eigenvalue weighted by molar-refractivity contribution is 0.241. The zero-order valence-electron chi connectivity index (χ0n) is 15.5. The lowest BCUT2D eigenvalue weighted by atomic mass is 9.89. The Morgan fingerprint density at radius 3 is 2.85 bits per heavy atom. The summed E-state index contributed by atoms with van der Waals surface area (Å²) in [6.45, 7) is 9.39. The number of rotatable bonds is 3. The minimum absolute atomic E-state index is 0.0707. The van der Waals surface area contributed by atoms with Crippen molar-refractivity contribution in [3.8, 4) is 11.4 Å². The van der Waals surface area contributed by atoms with Gasteiger partial charge >= 0.3 is 0 Å². The van der Waals surface area contributed by atoms with Gasteiger partial charge in [0.2, 0.25) is 0 Å². The molecule has 3 aromatic heterocycles. The molecule has 1 aliphatic heterocycles. The molecule has 3 aromatic rings. The Bertz CT molecular complexity index is 894. The zero-order chi connectivity index (χ0) is 18.1. The van der Waals surface area contributed by atoms with E-state index >= 15 is 0 Å². The van der Waals surface area contributed by atoms with Crippen LogP contribution in [0.5, 0.6) is 0 Å². The molecule has 26 heavy (non-hydrogen) atoms. The van der Waals surface area contributed by atoms with Crippen molar-refractivity contribution in [2.75, 3.05) is 6.54 Å². The first kappa shape index (κ1) is 16.8. The van der Waals surface area contributed by atoms with Crippen LogP contribution in [0.1, 0.15) is 43.3 Å². The van der Waals surface area contributed by atoms with Crippen molar-refractivity contribution in [2.45, 2.75) is 45.7 Å². The van der Waals surface area contributed by atoms with Crippen LogP contribution in [0.3, 0.4) is 0 Å². The van der Waals surface area contributed by atoms with E-state index in [2.05, 4.69) is 45.8 Å². The average Bonchev–Trinajstić information content (AvgIpc) is 3.10. The summed E-state index contributed by atoms with van der Waals surface area (Å²) in [4.78, 5) is 15.9. The van der Waals surface area contributed by atoms with E-state index in [4.69, 9.17) is 4.98 Å². The van der Waals surface area contributed by atoms with E-state index in [0.29, 0.717) is 0 Å². The molecule has 0 atom stereocenters. The number of pyridine rings is 1. The summed E-state index contributed by atoms with van der Waals surface area (Å²) >= 11 is 0. The number of H-pyrrole nitrogens is 1. The standard InChI is InChI=1S/C20H24N6/c1-20(2,3)18-16(11-23-25-18)13-26-8-6-17-15(12-26)10-22-19(24-17)14-5-4-7-21-9-14/h4-5,7,9-11H,6,8,12-13H2,1-3H3,(H,23,25). The second-order valence-corrected chi connectivity index (χ2v) is 7.89. The maximum Gasteiger partial charge on any atom is 0.160 e. The van der Waals surface area contributed by atoms with E-state index in [9.17, 15) is 0 Å². The van der Waals surface area contributed by atoms with Gasteiger partial charge in [-0.05, 0) is 12.1 Å². The first-order valence-electron chi connectivity index (χ1n) is 9.01. The van der Waals surface area contributed by atoms with Crippen LogP contribution >= 0.6 is 0 Å². The maximum atomic E-state index is 4.78. The first-order chi connectivity index (χ1) is 12.5. The number of nitrogens with zero attached hydrogens (tertiary/aromatic N) is 5. The SMILES string of the molecule is CC(C)(C)c1[nH]ncc1CN1CCc2nc(-c3cccnc3)ncc2C1. The minimum atomic E-state index is 0.0707. The van der Waals surface area contributed by atoms with Crippen molar-refractivity contribution >= 4 is 0 Å². The molecule has 0 bridgehead atoms. The van der Waals surface area contributed by atoms with E-state index in [1.807, 2.05) is 30.7 Å². The summed E-state index contributed by atoms with van der Waals surface area (Å²) < 4.78 is 0. The molecule has 4 rings (SSSR count). The Labute approximate surface area is 153 Å². The van der Waals surface area contributed by atoms with Crippen LogP contribution in [0.4, 0.5) is 0 Å². The second kappa shape index (κ2) is 6.61. The molecule has 6 nitrogen and oxygen atoms in total. The van der Waals surface area contributed by atoms with Crippen LogP contribution in [0, 0.1) is 0 Å². The molecule has 1 N–H and O–H groups in total. The zero-order valence-corrected chi connectivity index (χ0v) is 15.5. The van der Waals surface area contributed by atoms with E-state index < -0.39 is 0 Å². The van der Waals surface area contributed by atoms with Crippen molar-refractivity contribution < 1.29 is 0 Å². The smallest absolute Gasteiger partial charge is 0.160 e. The molecule has 0 aromatic carbocycles. The molecule has 0 saturated carbocycles. The Kier molecular flexibility index (Phi) is 4.28. The Morgan fingerprint density at radius 2 is 2.08 bits per heavy atom. The van der Waals surface area contributed by atoms with Gasteiger partial charge in [-0.1, -0.05) is 20.8 Å². The van der Waals surface area contributed by atoms with Gasteiger partial charge in [-0.3, -0.25) is 15.0 Å². The fourth-order valence-electron chi connectivity index (χ4n) is 3.46. The van der Waals surface area contributed by atoms with E-state index in [1.54, 1.807) is 6.20 Å². The highest BCUT2D eigenvalue weighted by molar-refractivity contribution is 5.53. The molecular formula is C20H24N6.